The third kappa shape index (κ3) is 6.33. The Morgan fingerprint density at radius 2 is 1.61 bits per heavy atom. The van der Waals surface area contributed by atoms with Gasteiger partial charge in [0.15, 0.2) is 0 Å². The molecule has 1 saturated heterocycles. The summed E-state index contributed by atoms with van der Waals surface area (Å²) in [4.78, 5) is 17.9. The summed E-state index contributed by atoms with van der Waals surface area (Å²) < 4.78 is 18.9. The molecule has 0 N–H and O–H groups in total. The molecule has 0 bridgehead atoms. The van der Waals surface area contributed by atoms with Crippen LogP contribution in [0, 0.1) is 5.82 Å². The Morgan fingerprint density at radius 1 is 0.917 bits per heavy atom. The topological polar surface area (TPSA) is 32.8 Å². The van der Waals surface area contributed by atoms with Gasteiger partial charge in [-0.15, -0.1) is 0 Å². The molecule has 1 atom stereocenters. The minimum absolute atomic E-state index is 0.129. The van der Waals surface area contributed by atoms with Crippen LogP contribution in [-0.4, -0.2) is 49.7 Å². The molecule has 0 radical (unpaired) electrons. The standard InChI is InChI=1S/C31H37FN2O2/c1-24(2)36-30(35)31(3,27-10-5-4-6-11-27)17-8-18-33-19-21-34(22-20-33)29-12-7-9-26(23-29)25-13-15-28(32)16-14-25/h4-7,9-16,23-24H,8,17-22H2,1-3H3. The Balaban J connectivity index is 1.32. The third-order valence-electron chi connectivity index (χ3n) is 7.12. The molecule has 3 aromatic carbocycles. The van der Waals surface area contributed by atoms with E-state index in [0.717, 1.165) is 62.3 Å². The molecule has 1 aliphatic rings. The van der Waals surface area contributed by atoms with Crippen molar-refractivity contribution in [3.05, 3.63) is 90.2 Å². The number of piperazine rings is 1. The van der Waals surface area contributed by atoms with Crippen LogP contribution in [0.5, 0.6) is 0 Å². The molecule has 1 aliphatic heterocycles. The van der Waals surface area contributed by atoms with Crippen molar-refractivity contribution in [2.75, 3.05) is 37.6 Å². The van der Waals surface area contributed by atoms with Crippen molar-refractivity contribution in [1.29, 1.82) is 0 Å². The van der Waals surface area contributed by atoms with E-state index in [0.29, 0.717) is 0 Å². The van der Waals surface area contributed by atoms with Gasteiger partial charge in [0.25, 0.3) is 0 Å². The lowest BCUT2D eigenvalue weighted by molar-refractivity contribution is -0.154. The first kappa shape index (κ1) is 25.9. The summed E-state index contributed by atoms with van der Waals surface area (Å²) in [5.41, 5.74) is 3.69. The van der Waals surface area contributed by atoms with Gasteiger partial charge in [-0.25, -0.2) is 4.39 Å². The summed E-state index contributed by atoms with van der Waals surface area (Å²) in [6, 6.07) is 25.1. The number of carbonyl (C=O) groups is 1. The molecule has 0 spiro atoms. The largest absolute Gasteiger partial charge is 0.462 e. The minimum atomic E-state index is -0.645. The number of benzene rings is 3. The number of ether oxygens (including phenoxy) is 1. The van der Waals surface area contributed by atoms with Crippen LogP contribution in [0.15, 0.2) is 78.9 Å². The smallest absolute Gasteiger partial charge is 0.316 e. The summed E-state index contributed by atoms with van der Waals surface area (Å²) in [7, 11) is 0. The van der Waals surface area contributed by atoms with Crippen molar-refractivity contribution in [1.82, 2.24) is 4.90 Å². The van der Waals surface area contributed by atoms with Gasteiger partial charge in [0.05, 0.1) is 11.5 Å². The molecule has 0 aromatic heterocycles. The van der Waals surface area contributed by atoms with Gasteiger partial charge in [0, 0.05) is 31.9 Å². The zero-order valence-corrected chi connectivity index (χ0v) is 21.6. The van der Waals surface area contributed by atoms with Crippen molar-refractivity contribution < 1.29 is 13.9 Å². The van der Waals surface area contributed by atoms with Gasteiger partial charge >= 0.3 is 5.97 Å². The van der Waals surface area contributed by atoms with Crippen LogP contribution in [0.2, 0.25) is 0 Å². The Labute approximate surface area is 214 Å². The lowest BCUT2D eigenvalue weighted by Crippen LogP contribution is -2.47. The summed E-state index contributed by atoms with van der Waals surface area (Å²) >= 11 is 0. The SMILES string of the molecule is CC(C)OC(=O)C(C)(CCCN1CCN(c2cccc(-c3ccc(F)cc3)c2)CC1)c1ccccc1. The molecule has 3 aromatic rings. The molecular weight excluding hydrogens is 451 g/mol. The molecule has 4 nitrogen and oxygen atoms in total. The summed E-state index contributed by atoms with van der Waals surface area (Å²) in [5, 5.41) is 0. The number of anilines is 1. The highest BCUT2D eigenvalue weighted by Gasteiger charge is 2.37. The second kappa shape index (κ2) is 11.7. The van der Waals surface area contributed by atoms with E-state index in [2.05, 4.69) is 34.1 Å². The number of halogens is 1. The molecule has 1 fully saturated rings. The monoisotopic (exact) mass is 488 g/mol. The number of esters is 1. The normalized spacial score (nSPS) is 16.1. The predicted octanol–water partition coefficient (Wildman–Crippen LogP) is 6.30. The number of rotatable bonds is 9. The van der Waals surface area contributed by atoms with Crippen molar-refractivity contribution in [2.24, 2.45) is 0 Å². The minimum Gasteiger partial charge on any atom is -0.462 e. The van der Waals surface area contributed by atoms with Gasteiger partial charge < -0.3 is 9.64 Å². The fourth-order valence-electron chi connectivity index (χ4n) is 4.92. The van der Waals surface area contributed by atoms with E-state index in [4.69, 9.17) is 4.74 Å². The highest BCUT2D eigenvalue weighted by molar-refractivity contribution is 5.82. The zero-order valence-electron chi connectivity index (χ0n) is 21.6. The molecule has 1 heterocycles. The molecular formula is C31H37FN2O2. The van der Waals surface area contributed by atoms with Crippen LogP contribution in [0.1, 0.15) is 39.2 Å². The predicted molar refractivity (Wildman–Crippen MR) is 145 cm³/mol. The average molecular weight is 489 g/mol. The lowest BCUT2D eigenvalue weighted by Gasteiger charge is -2.37. The first-order chi connectivity index (χ1) is 17.3. The maximum atomic E-state index is 13.3. The Kier molecular flexibility index (Phi) is 8.42. The molecule has 36 heavy (non-hydrogen) atoms. The van der Waals surface area contributed by atoms with Crippen LogP contribution in [0.4, 0.5) is 10.1 Å². The van der Waals surface area contributed by atoms with Crippen molar-refractivity contribution in [3.8, 4) is 11.1 Å². The van der Waals surface area contributed by atoms with Crippen LogP contribution in [0.25, 0.3) is 11.1 Å². The number of hydrogen-bond donors (Lipinski definition) is 0. The van der Waals surface area contributed by atoms with E-state index in [-0.39, 0.29) is 17.9 Å². The van der Waals surface area contributed by atoms with Gasteiger partial charge in [0.1, 0.15) is 5.82 Å². The first-order valence-corrected chi connectivity index (χ1v) is 12.9. The number of nitrogens with zero attached hydrogens (tertiary/aromatic N) is 2. The lowest BCUT2D eigenvalue weighted by atomic mass is 9.78. The van der Waals surface area contributed by atoms with Crippen LogP contribution in [0.3, 0.4) is 0 Å². The Bertz CT molecular complexity index is 1120. The molecule has 0 amide bonds. The second-order valence-electron chi connectivity index (χ2n) is 10.1. The molecule has 190 valence electrons. The van der Waals surface area contributed by atoms with E-state index in [1.54, 1.807) is 0 Å². The van der Waals surface area contributed by atoms with Crippen LogP contribution in [-0.2, 0) is 14.9 Å². The van der Waals surface area contributed by atoms with Crippen molar-refractivity contribution in [3.63, 3.8) is 0 Å². The van der Waals surface area contributed by atoms with Crippen LogP contribution >= 0.6 is 0 Å². The summed E-state index contributed by atoms with van der Waals surface area (Å²) in [6.07, 6.45) is 1.55. The van der Waals surface area contributed by atoms with Crippen molar-refractivity contribution in [2.45, 2.75) is 45.1 Å². The molecule has 0 aliphatic carbocycles. The molecule has 5 heteroatoms. The third-order valence-corrected chi connectivity index (χ3v) is 7.12. The Hall–Kier alpha value is -3.18. The summed E-state index contributed by atoms with van der Waals surface area (Å²) in [5.74, 6) is -0.360. The maximum absolute atomic E-state index is 13.3. The molecule has 1 unspecified atom stereocenters. The fourth-order valence-corrected chi connectivity index (χ4v) is 4.92. The van der Waals surface area contributed by atoms with Gasteiger partial charge in [-0.1, -0.05) is 54.6 Å². The van der Waals surface area contributed by atoms with Crippen molar-refractivity contribution >= 4 is 11.7 Å². The molecule has 4 rings (SSSR count). The highest BCUT2D eigenvalue weighted by Crippen LogP contribution is 2.32. The number of hydrogen-bond acceptors (Lipinski definition) is 4. The highest BCUT2D eigenvalue weighted by atomic mass is 19.1. The fraction of sp³-hybridized carbons (Fsp3) is 0.387. The van der Waals surface area contributed by atoms with Gasteiger partial charge in [-0.2, -0.15) is 0 Å². The van der Waals surface area contributed by atoms with E-state index in [1.807, 2.05) is 63.2 Å². The first-order valence-electron chi connectivity index (χ1n) is 12.9. The second-order valence-corrected chi connectivity index (χ2v) is 10.1. The molecule has 0 saturated carbocycles. The Morgan fingerprint density at radius 3 is 2.28 bits per heavy atom. The van der Waals surface area contributed by atoms with Gasteiger partial charge in [-0.3, -0.25) is 9.69 Å². The average Bonchev–Trinajstić information content (AvgIpc) is 2.89. The van der Waals surface area contributed by atoms with Gasteiger partial charge in [0.2, 0.25) is 0 Å². The maximum Gasteiger partial charge on any atom is 0.316 e. The van der Waals surface area contributed by atoms with E-state index < -0.39 is 5.41 Å². The number of carbonyl (C=O) groups excluding carboxylic acids is 1. The van der Waals surface area contributed by atoms with E-state index >= 15 is 0 Å². The summed E-state index contributed by atoms with van der Waals surface area (Å²) in [6.45, 7) is 10.7. The van der Waals surface area contributed by atoms with Gasteiger partial charge in [-0.05, 0) is 81.1 Å². The quantitative estimate of drug-likeness (QED) is 0.331. The zero-order chi connectivity index (χ0) is 25.5. The van der Waals surface area contributed by atoms with E-state index in [1.165, 1.54) is 17.8 Å². The van der Waals surface area contributed by atoms with Crippen LogP contribution < -0.4 is 4.90 Å². The van der Waals surface area contributed by atoms with E-state index in [9.17, 15) is 9.18 Å².